The molecule has 3 rings (SSSR count). The number of methoxy groups -OCH3 is 1. The summed E-state index contributed by atoms with van der Waals surface area (Å²) in [5, 5.41) is 3.41. The molecule has 0 bridgehead atoms. The Morgan fingerprint density at radius 1 is 1.22 bits per heavy atom. The fourth-order valence-corrected chi connectivity index (χ4v) is 3.20. The van der Waals surface area contributed by atoms with E-state index >= 15 is 0 Å². The van der Waals surface area contributed by atoms with Crippen LogP contribution >= 0.6 is 11.8 Å². The highest BCUT2D eigenvalue weighted by Crippen LogP contribution is 2.24. The highest BCUT2D eigenvalue weighted by molar-refractivity contribution is 7.99. The van der Waals surface area contributed by atoms with Gasteiger partial charge in [0.25, 0.3) is 0 Å². The van der Waals surface area contributed by atoms with Gasteiger partial charge in [-0.1, -0.05) is 23.9 Å². The Hall–Kier alpha value is -3.00. The van der Waals surface area contributed by atoms with Gasteiger partial charge in [0.05, 0.1) is 35.1 Å². The van der Waals surface area contributed by atoms with E-state index in [4.69, 9.17) is 4.74 Å². The predicted molar refractivity (Wildman–Crippen MR) is 108 cm³/mol. The van der Waals surface area contributed by atoms with Crippen LogP contribution in [0.5, 0.6) is 0 Å². The van der Waals surface area contributed by atoms with E-state index in [9.17, 15) is 9.59 Å². The van der Waals surface area contributed by atoms with Crippen LogP contribution in [0.4, 0.5) is 11.4 Å². The van der Waals surface area contributed by atoms with Crippen molar-refractivity contribution in [3.8, 4) is 0 Å². The number of carbonyl (C=O) groups excluding carboxylic acids is 2. The molecule has 3 aromatic rings. The van der Waals surface area contributed by atoms with E-state index in [2.05, 4.69) is 15.3 Å². The molecule has 1 heterocycles. The minimum absolute atomic E-state index is 0.163. The third kappa shape index (κ3) is 4.40. The molecule has 0 fully saturated rings. The van der Waals surface area contributed by atoms with Gasteiger partial charge in [-0.25, -0.2) is 9.78 Å². The Bertz CT molecular complexity index is 984. The molecule has 0 atom stereocenters. The second-order valence-electron chi connectivity index (χ2n) is 6.01. The first-order valence-corrected chi connectivity index (χ1v) is 9.23. The number of H-pyrrole nitrogens is 1. The molecule has 0 spiro atoms. The zero-order valence-electron chi connectivity index (χ0n) is 15.3. The van der Waals surface area contributed by atoms with Gasteiger partial charge in [-0.15, -0.1) is 0 Å². The summed E-state index contributed by atoms with van der Waals surface area (Å²) in [5.41, 5.74) is 3.57. The van der Waals surface area contributed by atoms with E-state index in [1.807, 2.05) is 37.2 Å². The van der Waals surface area contributed by atoms with Gasteiger partial charge in [-0.3, -0.25) is 4.79 Å². The number of thioether (sulfide) groups is 1. The van der Waals surface area contributed by atoms with Crippen LogP contribution in [0.1, 0.15) is 10.4 Å². The fraction of sp³-hybridized carbons (Fsp3) is 0.211. The van der Waals surface area contributed by atoms with Crippen LogP contribution in [0.2, 0.25) is 0 Å². The number of imidazole rings is 1. The molecular formula is C19H20N4O3S. The standard InChI is InChI=1S/C19H20N4O3S/c1-23(2)12-8-9-15-16(10-12)22-19(21-15)27-11-17(24)20-14-7-5-4-6-13(14)18(25)26-3/h4-10H,11H2,1-3H3,(H,20,24)(H,21,22). The largest absolute Gasteiger partial charge is 0.465 e. The molecule has 8 heteroatoms. The van der Waals surface area contributed by atoms with Gasteiger partial charge in [0.1, 0.15) is 0 Å². The third-order valence-electron chi connectivity index (χ3n) is 3.91. The maximum Gasteiger partial charge on any atom is 0.339 e. The van der Waals surface area contributed by atoms with Crippen molar-refractivity contribution < 1.29 is 14.3 Å². The molecule has 2 aromatic carbocycles. The Kier molecular flexibility index (Phi) is 5.66. The van der Waals surface area contributed by atoms with Crippen molar-refractivity contribution in [1.82, 2.24) is 9.97 Å². The van der Waals surface area contributed by atoms with Crippen LogP contribution in [0.3, 0.4) is 0 Å². The zero-order chi connectivity index (χ0) is 19.4. The van der Waals surface area contributed by atoms with E-state index in [0.717, 1.165) is 16.7 Å². The molecule has 0 aliphatic heterocycles. The van der Waals surface area contributed by atoms with Crippen molar-refractivity contribution in [3.05, 3.63) is 48.0 Å². The highest BCUT2D eigenvalue weighted by Gasteiger charge is 2.14. The van der Waals surface area contributed by atoms with E-state index < -0.39 is 5.97 Å². The van der Waals surface area contributed by atoms with Crippen molar-refractivity contribution >= 4 is 46.0 Å². The summed E-state index contributed by atoms with van der Waals surface area (Å²) in [7, 11) is 5.25. The van der Waals surface area contributed by atoms with Gasteiger partial charge in [0.2, 0.25) is 5.91 Å². The number of hydrogen-bond acceptors (Lipinski definition) is 6. The number of fused-ring (bicyclic) bond motifs is 1. The molecular weight excluding hydrogens is 364 g/mol. The van der Waals surface area contributed by atoms with Crippen molar-refractivity contribution in [2.45, 2.75) is 5.16 Å². The molecule has 1 amide bonds. The molecule has 2 N–H and O–H groups in total. The highest BCUT2D eigenvalue weighted by atomic mass is 32.2. The van der Waals surface area contributed by atoms with Gasteiger partial charge in [-0.05, 0) is 30.3 Å². The van der Waals surface area contributed by atoms with Crippen molar-refractivity contribution in [2.24, 2.45) is 0 Å². The lowest BCUT2D eigenvalue weighted by Gasteiger charge is -2.11. The lowest BCUT2D eigenvalue weighted by atomic mass is 10.2. The number of carbonyl (C=O) groups is 2. The number of amides is 1. The minimum Gasteiger partial charge on any atom is -0.465 e. The zero-order valence-corrected chi connectivity index (χ0v) is 16.1. The number of para-hydroxylation sites is 1. The average molecular weight is 384 g/mol. The SMILES string of the molecule is COC(=O)c1ccccc1NC(=O)CSc1nc2cc(N(C)C)ccc2[nH]1. The summed E-state index contributed by atoms with van der Waals surface area (Å²) in [4.78, 5) is 33.8. The summed E-state index contributed by atoms with van der Waals surface area (Å²) in [6.07, 6.45) is 0. The summed E-state index contributed by atoms with van der Waals surface area (Å²) in [5.74, 6) is -0.561. The number of ether oxygens (including phenoxy) is 1. The third-order valence-corrected chi connectivity index (χ3v) is 4.78. The average Bonchev–Trinajstić information content (AvgIpc) is 3.08. The molecule has 0 saturated carbocycles. The van der Waals surface area contributed by atoms with Gasteiger partial charge in [0.15, 0.2) is 5.16 Å². The fourth-order valence-electron chi connectivity index (χ4n) is 2.52. The molecule has 0 aliphatic rings. The predicted octanol–water partition coefficient (Wildman–Crippen LogP) is 3.15. The Balaban J connectivity index is 1.66. The first-order valence-electron chi connectivity index (χ1n) is 8.25. The van der Waals surface area contributed by atoms with Gasteiger partial charge in [-0.2, -0.15) is 0 Å². The van der Waals surface area contributed by atoms with Crippen LogP contribution < -0.4 is 10.2 Å². The maximum absolute atomic E-state index is 12.3. The van der Waals surface area contributed by atoms with Crippen LogP contribution in [-0.2, 0) is 9.53 Å². The van der Waals surface area contributed by atoms with Crippen LogP contribution in [-0.4, -0.2) is 48.8 Å². The summed E-state index contributed by atoms with van der Waals surface area (Å²) >= 11 is 1.30. The Morgan fingerprint density at radius 3 is 2.74 bits per heavy atom. The summed E-state index contributed by atoms with van der Waals surface area (Å²) in [6.45, 7) is 0. The van der Waals surface area contributed by atoms with E-state index in [1.165, 1.54) is 18.9 Å². The van der Waals surface area contributed by atoms with Crippen LogP contribution in [0, 0.1) is 0 Å². The molecule has 0 aliphatic carbocycles. The van der Waals surface area contributed by atoms with E-state index in [0.29, 0.717) is 16.4 Å². The number of benzene rings is 2. The first kappa shape index (κ1) is 18.8. The lowest BCUT2D eigenvalue weighted by molar-refractivity contribution is -0.113. The summed E-state index contributed by atoms with van der Waals surface area (Å²) in [6, 6.07) is 12.7. The van der Waals surface area contributed by atoms with Gasteiger partial charge in [0, 0.05) is 19.8 Å². The normalized spacial score (nSPS) is 10.6. The Morgan fingerprint density at radius 2 is 2.00 bits per heavy atom. The van der Waals surface area contributed by atoms with Crippen LogP contribution in [0.25, 0.3) is 11.0 Å². The number of hydrogen-bond donors (Lipinski definition) is 2. The number of nitrogens with one attached hydrogen (secondary N) is 2. The number of nitrogens with zero attached hydrogens (tertiary/aromatic N) is 2. The Labute approximate surface area is 161 Å². The smallest absolute Gasteiger partial charge is 0.339 e. The molecule has 0 saturated heterocycles. The maximum atomic E-state index is 12.3. The van der Waals surface area contributed by atoms with Crippen LogP contribution in [0.15, 0.2) is 47.6 Å². The molecule has 0 radical (unpaired) electrons. The number of aromatic nitrogens is 2. The second-order valence-corrected chi connectivity index (χ2v) is 6.98. The van der Waals surface area contributed by atoms with Crippen molar-refractivity contribution in [2.75, 3.05) is 37.2 Å². The van der Waals surface area contributed by atoms with E-state index in [1.54, 1.807) is 24.3 Å². The quantitative estimate of drug-likeness (QED) is 0.501. The number of aromatic amines is 1. The van der Waals surface area contributed by atoms with E-state index in [-0.39, 0.29) is 11.7 Å². The van der Waals surface area contributed by atoms with Crippen molar-refractivity contribution in [1.29, 1.82) is 0 Å². The minimum atomic E-state index is -0.493. The van der Waals surface area contributed by atoms with Gasteiger partial charge >= 0.3 is 5.97 Å². The molecule has 7 nitrogen and oxygen atoms in total. The monoisotopic (exact) mass is 384 g/mol. The first-order chi connectivity index (χ1) is 13.0. The molecule has 140 valence electrons. The lowest BCUT2D eigenvalue weighted by Crippen LogP contribution is -2.17. The number of esters is 1. The van der Waals surface area contributed by atoms with Gasteiger partial charge < -0.3 is 19.9 Å². The topological polar surface area (TPSA) is 87.3 Å². The molecule has 1 aromatic heterocycles. The second kappa shape index (κ2) is 8.13. The molecule has 27 heavy (non-hydrogen) atoms. The number of anilines is 2. The number of rotatable bonds is 6. The molecule has 0 unspecified atom stereocenters. The van der Waals surface area contributed by atoms with Crippen molar-refractivity contribution in [3.63, 3.8) is 0 Å². The summed E-state index contributed by atoms with van der Waals surface area (Å²) < 4.78 is 4.73.